The van der Waals surface area contributed by atoms with Gasteiger partial charge in [-0.3, -0.25) is 4.79 Å². The molecule has 0 radical (unpaired) electrons. The molecule has 0 aromatic heterocycles. The summed E-state index contributed by atoms with van der Waals surface area (Å²) in [6.07, 6.45) is 2.93. The largest absolute Gasteiger partial charge is 0.595 e. The summed E-state index contributed by atoms with van der Waals surface area (Å²) in [5.74, 6) is 0.199. The number of ether oxygens (including phenoxy) is 4. The number of nitrogens with one attached hydrogen (secondary N) is 1. The Morgan fingerprint density at radius 3 is 2.32 bits per heavy atom. The summed E-state index contributed by atoms with van der Waals surface area (Å²) in [5.41, 5.74) is 0.792. The molecule has 0 saturated heterocycles. The zero-order valence-electron chi connectivity index (χ0n) is 18.7. The van der Waals surface area contributed by atoms with Crippen molar-refractivity contribution in [2.24, 2.45) is 0 Å². The molecule has 176 valence electrons. The smallest absolute Gasteiger partial charge is 0.343 e. The number of benzene rings is 3. The second kappa shape index (κ2) is 11.1. The molecule has 0 saturated carbocycles. The average Bonchev–Trinajstić information content (AvgIpc) is 2.86. The fourth-order valence-corrected chi connectivity index (χ4v) is 3.07. The van der Waals surface area contributed by atoms with Crippen LogP contribution in [0, 0.1) is 5.21 Å². The Balaban J connectivity index is 1.88. The first-order valence-electron chi connectivity index (χ1n) is 10.0. The van der Waals surface area contributed by atoms with Gasteiger partial charge in [0.05, 0.1) is 32.5 Å². The normalized spacial score (nSPS) is 11.7. The van der Waals surface area contributed by atoms with Gasteiger partial charge in [0.25, 0.3) is 0 Å². The number of carbonyl (C=O) groups excluding carboxylic acids is 2. The number of allylic oxidation sites excluding steroid dienone is 1. The number of esters is 1. The summed E-state index contributed by atoms with van der Waals surface area (Å²) in [6, 6.07) is 15.1. The van der Waals surface area contributed by atoms with Crippen LogP contribution < -0.4 is 24.2 Å². The average molecular weight is 465 g/mol. The van der Waals surface area contributed by atoms with Crippen molar-refractivity contribution in [1.82, 2.24) is 0 Å². The standard InChI is InChI=1S/C25H23NO8/c1-31-19-9-10-20(21(27)11-7-16-8-12-22(32-2)24(13-16)33-3)23(15-19)34-25(28)17-5-4-6-18(14-17)26(29)30/h4-15,26,29H,1-3H3. The molecule has 1 unspecified atom stereocenters. The highest BCUT2D eigenvalue weighted by Crippen LogP contribution is 2.29. The Labute approximate surface area is 195 Å². The first-order chi connectivity index (χ1) is 16.4. The van der Waals surface area contributed by atoms with Gasteiger partial charge in [0.2, 0.25) is 0 Å². The molecule has 0 amide bonds. The molecule has 3 aromatic rings. The molecule has 0 fully saturated rings. The number of rotatable bonds is 9. The van der Waals surface area contributed by atoms with Crippen molar-refractivity contribution in [1.29, 1.82) is 0 Å². The van der Waals surface area contributed by atoms with Crippen LogP contribution >= 0.6 is 0 Å². The third-order valence-corrected chi connectivity index (χ3v) is 4.84. The van der Waals surface area contributed by atoms with E-state index in [1.807, 2.05) is 0 Å². The van der Waals surface area contributed by atoms with Crippen LogP contribution in [0.3, 0.4) is 0 Å². The van der Waals surface area contributed by atoms with Gasteiger partial charge in [0.15, 0.2) is 23.0 Å². The van der Waals surface area contributed by atoms with E-state index < -0.39 is 17.0 Å². The highest BCUT2D eigenvalue weighted by atomic mass is 16.8. The third-order valence-electron chi connectivity index (χ3n) is 4.84. The topological polar surface area (TPSA) is 119 Å². The van der Waals surface area contributed by atoms with Crippen molar-refractivity contribution >= 4 is 23.5 Å². The molecule has 9 nitrogen and oxygen atoms in total. The van der Waals surface area contributed by atoms with Gasteiger partial charge in [-0.1, -0.05) is 18.2 Å². The summed E-state index contributed by atoms with van der Waals surface area (Å²) in [6.45, 7) is 0. The van der Waals surface area contributed by atoms with E-state index >= 15 is 0 Å². The van der Waals surface area contributed by atoms with Crippen molar-refractivity contribution in [3.8, 4) is 23.0 Å². The fraction of sp³-hybridized carbons (Fsp3) is 0.120. The first kappa shape index (κ1) is 24.5. The maximum absolute atomic E-state index is 12.9. The summed E-state index contributed by atoms with van der Waals surface area (Å²) in [5, 5.41) is 19.2. The lowest BCUT2D eigenvalue weighted by Crippen LogP contribution is -2.99. The molecule has 0 aliphatic rings. The van der Waals surface area contributed by atoms with Gasteiger partial charge in [-0.15, -0.1) is 0 Å². The number of carbonyl (C=O) groups is 2. The van der Waals surface area contributed by atoms with Crippen molar-refractivity contribution in [3.63, 3.8) is 0 Å². The van der Waals surface area contributed by atoms with Gasteiger partial charge < -0.3 is 24.2 Å². The summed E-state index contributed by atoms with van der Waals surface area (Å²) >= 11 is 0. The van der Waals surface area contributed by atoms with E-state index in [2.05, 4.69) is 0 Å². The molecular weight excluding hydrogens is 442 g/mol. The van der Waals surface area contributed by atoms with Crippen LogP contribution in [0.1, 0.15) is 26.3 Å². The Morgan fingerprint density at radius 2 is 1.65 bits per heavy atom. The number of hydrogen-bond donors (Lipinski definition) is 2. The summed E-state index contributed by atoms with van der Waals surface area (Å²) in [4.78, 5) is 25.6. The Morgan fingerprint density at radius 1 is 0.882 bits per heavy atom. The number of methoxy groups -OCH3 is 3. The van der Waals surface area contributed by atoms with E-state index in [9.17, 15) is 14.8 Å². The zero-order valence-corrected chi connectivity index (χ0v) is 18.7. The lowest BCUT2D eigenvalue weighted by atomic mass is 10.1. The quantitative estimate of drug-likeness (QED) is 0.163. The molecule has 0 aliphatic heterocycles. The minimum atomic E-state index is -1.17. The maximum atomic E-state index is 12.9. The van der Waals surface area contributed by atoms with E-state index in [0.29, 0.717) is 22.8 Å². The van der Waals surface area contributed by atoms with Crippen LogP contribution in [0.15, 0.2) is 66.7 Å². The van der Waals surface area contributed by atoms with Crippen molar-refractivity contribution < 1.29 is 39.0 Å². The highest BCUT2D eigenvalue weighted by Gasteiger charge is 2.18. The SMILES string of the molecule is COc1ccc(C(=O)C=Cc2ccc(OC)c(OC)c2)c(OC(=O)c2cccc([NH+]([O-])O)c2)c1. The van der Waals surface area contributed by atoms with Gasteiger partial charge in [-0.2, -0.15) is 5.23 Å². The van der Waals surface area contributed by atoms with Crippen LogP contribution in [-0.4, -0.2) is 38.3 Å². The molecule has 0 bridgehead atoms. The van der Waals surface area contributed by atoms with E-state index in [4.69, 9.17) is 24.2 Å². The molecule has 3 aromatic carbocycles. The molecule has 2 N–H and O–H groups in total. The Kier molecular flexibility index (Phi) is 7.99. The van der Waals surface area contributed by atoms with E-state index in [0.717, 1.165) is 0 Å². The Hall–Kier alpha value is -4.18. The molecule has 0 heterocycles. The molecule has 9 heteroatoms. The molecule has 34 heavy (non-hydrogen) atoms. The number of ketones is 1. The molecular formula is C25H23NO8. The van der Waals surface area contributed by atoms with Crippen molar-refractivity contribution in [3.05, 3.63) is 88.6 Å². The van der Waals surface area contributed by atoms with Crippen LogP contribution in [-0.2, 0) is 0 Å². The second-order valence-electron chi connectivity index (χ2n) is 6.95. The van der Waals surface area contributed by atoms with Gasteiger partial charge in [0.1, 0.15) is 11.5 Å². The highest BCUT2D eigenvalue weighted by molar-refractivity contribution is 6.09. The van der Waals surface area contributed by atoms with Crippen molar-refractivity contribution in [2.45, 2.75) is 0 Å². The molecule has 0 aliphatic carbocycles. The summed E-state index contributed by atoms with van der Waals surface area (Å²) < 4.78 is 21.1. The Bertz CT molecular complexity index is 1220. The predicted molar refractivity (Wildman–Crippen MR) is 123 cm³/mol. The molecule has 3 rings (SSSR count). The minimum Gasteiger partial charge on any atom is -0.595 e. The maximum Gasteiger partial charge on any atom is 0.343 e. The first-order valence-corrected chi connectivity index (χ1v) is 10.0. The second-order valence-corrected chi connectivity index (χ2v) is 6.95. The van der Waals surface area contributed by atoms with E-state index in [1.165, 1.54) is 63.8 Å². The van der Waals surface area contributed by atoms with Crippen LogP contribution in [0.5, 0.6) is 23.0 Å². The molecule has 1 atom stereocenters. The van der Waals surface area contributed by atoms with Gasteiger partial charge >= 0.3 is 5.97 Å². The van der Waals surface area contributed by atoms with Gasteiger partial charge in [-0.05, 0) is 42.0 Å². The zero-order chi connectivity index (χ0) is 24.7. The number of quaternary nitrogens is 1. The third kappa shape index (κ3) is 5.78. The van der Waals surface area contributed by atoms with Crippen LogP contribution in [0.25, 0.3) is 6.08 Å². The van der Waals surface area contributed by atoms with E-state index in [-0.39, 0.29) is 22.6 Å². The van der Waals surface area contributed by atoms with Crippen molar-refractivity contribution in [2.75, 3.05) is 21.3 Å². The minimum absolute atomic E-state index is 0.0213. The monoisotopic (exact) mass is 465 g/mol. The van der Waals surface area contributed by atoms with E-state index in [1.54, 1.807) is 30.3 Å². The summed E-state index contributed by atoms with van der Waals surface area (Å²) in [7, 11) is 4.48. The van der Waals surface area contributed by atoms with Crippen LogP contribution in [0.2, 0.25) is 0 Å². The number of hydrogen-bond acceptors (Lipinski definition) is 8. The lowest BCUT2D eigenvalue weighted by Gasteiger charge is -2.13. The molecule has 0 spiro atoms. The fourth-order valence-electron chi connectivity index (χ4n) is 3.07. The van der Waals surface area contributed by atoms with Crippen LogP contribution in [0.4, 0.5) is 5.69 Å². The van der Waals surface area contributed by atoms with Gasteiger partial charge in [-0.25, -0.2) is 10.0 Å². The van der Waals surface area contributed by atoms with Gasteiger partial charge in [0, 0.05) is 18.2 Å². The predicted octanol–water partition coefficient (Wildman–Crippen LogP) is 3.23. The lowest BCUT2D eigenvalue weighted by molar-refractivity contribution is -0.991.